The van der Waals surface area contributed by atoms with E-state index >= 15 is 0 Å². The van der Waals surface area contributed by atoms with Gasteiger partial charge in [-0.2, -0.15) is 0 Å². The van der Waals surface area contributed by atoms with E-state index in [-0.39, 0.29) is 5.91 Å². The molecule has 0 spiro atoms. The van der Waals surface area contributed by atoms with Crippen LogP contribution in [0.2, 0.25) is 0 Å². The van der Waals surface area contributed by atoms with Gasteiger partial charge in [-0.1, -0.05) is 124 Å². The zero-order valence-electron chi connectivity index (χ0n) is 24.5. The predicted molar refractivity (Wildman–Crippen MR) is 155 cm³/mol. The van der Waals surface area contributed by atoms with Crippen LogP contribution in [0.25, 0.3) is 0 Å². The summed E-state index contributed by atoms with van der Waals surface area (Å²) in [5, 5.41) is 12.7. The number of unbranched alkanes of at least 4 members (excludes halogenated alkanes) is 16. The zero-order valence-corrected chi connectivity index (χ0v) is 24.5. The first-order valence-corrected chi connectivity index (χ1v) is 15.8. The fourth-order valence-corrected chi connectivity index (χ4v) is 4.88. The van der Waals surface area contributed by atoms with Crippen LogP contribution in [-0.2, 0) is 9.59 Å². The average Bonchev–Trinajstić information content (AvgIpc) is 2.86. The Bertz CT molecular complexity index is 490. The Hall–Kier alpha value is -1.10. The molecule has 0 aromatic heterocycles. The van der Waals surface area contributed by atoms with E-state index in [1.807, 2.05) is 0 Å². The molecule has 0 aromatic rings. The Kier molecular flexibility index (Phi) is 26.1. The molecule has 5 heteroatoms. The van der Waals surface area contributed by atoms with Gasteiger partial charge in [0.15, 0.2) is 0 Å². The summed E-state index contributed by atoms with van der Waals surface area (Å²) in [7, 11) is 0. The van der Waals surface area contributed by atoms with Crippen molar-refractivity contribution in [2.24, 2.45) is 0 Å². The standard InChI is InChI=1S/C31H62N2O3/c1-4-7-10-11-12-13-14-15-16-17-18-19-20-21-22-25-30(34)32-26-23-24-29(31(35)36)33(27-8-5-2)28-9-6-3/h29H,4-28H2,1-3H3,(H,32,34)(H,35,36). The van der Waals surface area contributed by atoms with Crippen molar-refractivity contribution in [1.82, 2.24) is 10.2 Å². The highest BCUT2D eigenvalue weighted by Crippen LogP contribution is 2.14. The summed E-state index contributed by atoms with van der Waals surface area (Å²) in [6.07, 6.45) is 26.1. The zero-order chi connectivity index (χ0) is 26.7. The van der Waals surface area contributed by atoms with Gasteiger partial charge in [0.1, 0.15) is 6.04 Å². The Morgan fingerprint density at radius 2 is 1.03 bits per heavy atom. The number of carboxylic acid groups (broad SMARTS) is 1. The van der Waals surface area contributed by atoms with Crippen LogP contribution in [0.15, 0.2) is 0 Å². The lowest BCUT2D eigenvalue weighted by Gasteiger charge is -2.28. The quantitative estimate of drug-likeness (QED) is 0.104. The van der Waals surface area contributed by atoms with E-state index in [4.69, 9.17) is 0 Å². The number of aliphatic carboxylic acids is 1. The summed E-state index contributed by atoms with van der Waals surface area (Å²) in [6.45, 7) is 8.83. The van der Waals surface area contributed by atoms with Crippen molar-refractivity contribution in [3.05, 3.63) is 0 Å². The van der Waals surface area contributed by atoms with Crippen molar-refractivity contribution in [2.75, 3.05) is 19.6 Å². The van der Waals surface area contributed by atoms with Gasteiger partial charge >= 0.3 is 5.97 Å². The largest absolute Gasteiger partial charge is 0.480 e. The molecule has 0 aliphatic heterocycles. The van der Waals surface area contributed by atoms with Gasteiger partial charge in [-0.3, -0.25) is 14.5 Å². The normalized spacial score (nSPS) is 12.2. The lowest BCUT2D eigenvalue weighted by molar-refractivity contribution is -0.143. The molecule has 0 saturated heterocycles. The van der Waals surface area contributed by atoms with E-state index < -0.39 is 12.0 Å². The molecule has 0 rings (SSSR count). The molecule has 36 heavy (non-hydrogen) atoms. The molecular formula is C31H62N2O3. The minimum absolute atomic E-state index is 0.116. The molecule has 0 bridgehead atoms. The number of carboxylic acids is 1. The molecule has 1 unspecified atom stereocenters. The molecular weight excluding hydrogens is 448 g/mol. The van der Waals surface area contributed by atoms with Crippen LogP contribution in [0.4, 0.5) is 0 Å². The average molecular weight is 511 g/mol. The van der Waals surface area contributed by atoms with E-state index in [0.29, 0.717) is 19.4 Å². The van der Waals surface area contributed by atoms with Crippen LogP contribution in [0.5, 0.6) is 0 Å². The van der Waals surface area contributed by atoms with Gasteiger partial charge in [0, 0.05) is 13.0 Å². The third kappa shape index (κ3) is 22.1. The van der Waals surface area contributed by atoms with Crippen LogP contribution in [0.3, 0.4) is 0 Å². The van der Waals surface area contributed by atoms with Gasteiger partial charge in [0.05, 0.1) is 0 Å². The van der Waals surface area contributed by atoms with Crippen molar-refractivity contribution in [3.8, 4) is 0 Å². The molecule has 0 aromatic carbocycles. The van der Waals surface area contributed by atoms with Crippen LogP contribution in [-0.4, -0.2) is 47.6 Å². The van der Waals surface area contributed by atoms with Gasteiger partial charge in [-0.15, -0.1) is 0 Å². The molecule has 214 valence electrons. The molecule has 1 amide bonds. The van der Waals surface area contributed by atoms with Crippen LogP contribution >= 0.6 is 0 Å². The summed E-state index contributed by atoms with van der Waals surface area (Å²) in [5.41, 5.74) is 0. The number of nitrogens with zero attached hydrogens (tertiary/aromatic N) is 1. The first-order valence-electron chi connectivity index (χ1n) is 15.8. The number of hydrogen-bond acceptors (Lipinski definition) is 3. The highest BCUT2D eigenvalue weighted by molar-refractivity contribution is 5.75. The van der Waals surface area contributed by atoms with Crippen LogP contribution in [0, 0.1) is 0 Å². The Labute approximate surface area is 224 Å². The fraction of sp³-hybridized carbons (Fsp3) is 0.935. The topological polar surface area (TPSA) is 69.6 Å². The van der Waals surface area contributed by atoms with Crippen LogP contribution < -0.4 is 5.32 Å². The van der Waals surface area contributed by atoms with Crippen molar-refractivity contribution in [1.29, 1.82) is 0 Å². The number of carbonyl (C=O) groups excluding carboxylic acids is 1. The highest BCUT2D eigenvalue weighted by atomic mass is 16.4. The lowest BCUT2D eigenvalue weighted by atomic mass is 10.0. The monoisotopic (exact) mass is 510 g/mol. The van der Waals surface area contributed by atoms with E-state index in [9.17, 15) is 14.7 Å². The minimum atomic E-state index is -0.730. The van der Waals surface area contributed by atoms with Gasteiger partial charge in [0.25, 0.3) is 0 Å². The smallest absolute Gasteiger partial charge is 0.320 e. The maximum atomic E-state index is 12.1. The number of nitrogens with one attached hydrogen (secondary N) is 1. The van der Waals surface area contributed by atoms with Crippen molar-refractivity contribution in [2.45, 2.75) is 168 Å². The third-order valence-corrected chi connectivity index (χ3v) is 7.31. The number of carbonyl (C=O) groups is 2. The van der Waals surface area contributed by atoms with Crippen LogP contribution in [0.1, 0.15) is 162 Å². The van der Waals surface area contributed by atoms with Crippen molar-refractivity contribution >= 4 is 11.9 Å². The molecule has 0 aliphatic rings. The number of hydrogen-bond donors (Lipinski definition) is 2. The molecule has 0 fully saturated rings. The lowest BCUT2D eigenvalue weighted by Crippen LogP contribution is -2.42. The first-order chi connectivity index (χ1) is 17.6. The van der Waals surface area contributed by atoms with Crippen molar-refractivity contribution < 1.29 is 14.7 Å². The van der Waals surface area contributed by atoms with E-state index in [2.05, 4.69) is 31.0 Å². The molecule has 5 nitrogen and oxygen atoms in total. The number of rotatable bonds is 28. The first kappa shape index (κ1) is 34.9. The van der Waals surface area contributed by atoms with E-state index in [1.165, 1.54) is 83.5 Å². The fourth-order valence-electron chi connectivity index (χ4n) is 4.88. The van der Waals surface area contributed by atoms with Gasteiger partial charge in [-0.25, -0.2) is 0 Å². The minimum Gasteiger partial charge on any atom is -0.480 e. The molecule has 0 heterocycles. The summed E-state index contributed by atoms with van der Waals surface area (Å²) in [6, 6.07) is -0.435. The van der Waals surface area contributed by atoms with Gasteiger partial charge in [0.2, 0.25) is 5.91 Å². The summed E-state index contributed by atoms with van der Waals surface area (Å²) in [5.74, 6) is -0.614. The van der Waals surface area contributed by atoms with Gasteiger partial charge < -0.3 is 10.4 Å². The third-order valence-electron chi connectivity index (χ3n) is 7.31. The Morgan fingerprint density at radius 3 is 1.44 bits per heavy atom. The highest BCUT2D eigenvalue weighted by Gasteiger charge is 2.24. The predicted octanol–water partition coefficient (Wildman–Crippen LogP) is 8.50. The molecule has 0 aliphatic carbocycles. The molecule has 0 saturated carbocycles. The van der Waals surface area contributed by atoms with Crippen molar-refractivity contribution in [3.63, 3.8) is 0 Å². The SMILES string of the molecule is CCCCCCCCCCCCCCCCCC(=O)NCCCC(C(=O)O)N(CCCC)CCCC. The maximum Gasteiger partial charge on any atom is 0.320 e. The Balaban J connectivity index is 3.69. The van der Waals surface area contributed by atoms with E-state index in [1.54, 1.807) is 0 Å². The molecule has 0 radical (unpaired) electrons. The second kappa shape index (κ2) is 26.9. The second-order valence-electron chi connectivity index (χ2n) is 10.8. The summed E-state index contributed by atoms with van der Waals surface area (Å²) < 4.78 is 0. The maximum absolute atomic E-state index is 12.1. The number of amides is 1. The van der Waals surface area contributed by atoms with E-state index in [0.717, 1.165) is 58.0 Å². The molecule has 1 atom stereocenters. The second-order valence-corrected chi connectivity index (χ2v) is 10.8. The van der Waals surface area contributed by atoms with Gasteiger partial charge in [-0.05, 0) is 45.2 Å². The molecule has 2 N–H and O–H groups in total. The Morgan fingerprint density at radius 1 is 0.611 bits per heavy atom. The summed E-state index contributed by atoms with van der Waals surface area (Å²) >= 11 is 0. The summed E-state index contributed by atoms with van der Waals surface area (Å²) in [4.78, 5) is 26.1.